The quantitative estimate of drug-likeness (QED) is 0.205. The zero-order valence-electron chi connectivity index (χ0n) is 22.9. The highest BCUT2D eigenvalue weighted by molar-refractivity contribution is 7.26. The van der Waals surface area contributed by atoms with Gasteiger partial charge in [-0.2, -0.15) is 0 Å². The molecule has 0 aliphatic carbocycles. The topological polar surface area (TPSA) is 3.24 Å². The van der Waals surface area contributed by atoms with E-state index >= 15 is 0 Å². The number of benzene rings is 7. The first-order valence-corrected chi connectivity index (χ1v) is 15.1. The van der Waals surface area contributed by atoms with Crippen molar-refractivity contribution >= 4 is 59.3 Å². The second-order valence-corrected chi connectivity index (χ2v) is 11.7. The molecule has 1 nitrogen and oxygen atoms in total. The molecule has 2 heteroatoms. The van der Waals surface area contributed by atoms with Crippen LogP contribution in [0.15, 0.2) is 164 Å². The van der Waals surface area contributed by atoms with Crippen LogP contribution in [0, 0.1) is 0 Å². The average molecular weight is 554 g/mol. The Morgan fingerprint density at radius 2 is 1.00 bits per heavy atom. The van der Waals surface area contributed by atoms with Crippen molar-refractivity contribution in [3.8, 4) is 22.3 Å². The van der Waals surface area contributed by atoms with E-state index in [0.29, 0.717) is 0 Å². The van der Waals surface area contributed by atoms with Crippen LogP contribution in [-0.4, -0.2) is 0 Å². The lowest BCUT2D eigenvalue weighted by Crippen LogP contribution is -2.10. The number of rotatable bonds is 5. The Morgan fingerprint density at radius 1 is 0.405 bits per heavy atom. The largest absolute Gasteiger partial charge is 0.310 e. The smallest absolute Gasteiger partial charge is 0.0554 e. The summed E-state index contributed by atoms with van der Waals surface area (Å²) in [5, 5.41) is 5.10. The second kappa shape index (κ2) is 10.3. The predicted octanol–water partition coefficient (Wildman–Crippen LogP) is 12.0. The van der Waals surface area contributed by atoms with Crippen LogP contribution in [0.1, 0.15) is 0 Å². The highest BCUT2D eigenvalue weighted by atomic mass is 32.1. The molecular formula is C40H27NS. The monoisotopic (exact) mass is 553 g/mol. The molecule has 0 bridgehead atoms. The zero-order chi connectivity index (χ0) is 27.9. The molecule has 198 valence electrons. The number of nitrogens with zero attached hydrogens (tertiary/aromatic N) is 1. The first kappa shape index (κ1) is 24.6. The van der Waals surface area contributed by atoms with Gasteiger partial charge in [-0.15, -0.1) is 11.3 Å². The van der Waals surface area contributed by atoms with Crippen LogP contribution in [-0.2, 0) is 0 Å². The molecule has 0 N–H and O–H groups in total. The van der Waals surface area contributed by atoms with Gasteiger partial charge in [0.2, 0.25) is 0 Å². The van der Waals surface area contributed by atoms with E-state index in [1.54, 1.807) is 0 Å². The molecule has 1 heterocycles. The van der Waals surface area contributed by atoms with Crippen LogP contribution in [0.2, 0.25) is 0 Å². The third-order valence-corrected chi connectivity index (χ3v) is 9.17. The third-order valence-electron chi connectivity index (χ3n) is 8.04. The molecule has 0 atom stereocenters. The summed E-state index contributed by atoms with van der Waals surface area (Å²) in [6.07, 6.45) is 0. The maximum Gasteiger partial charge on any atom is 0.0554 e. The standard InChI is InChI=1S/C40H27NS/c1-2-12-28(13-3-1)30-16-8-18-32(26-30)41(37-23-11-25-39-40(37)36-21-6-7-24-38(36)42-39)33-19-9-17-31(27-33)35-22-10-15-29-14-4-5-20-34(29)35/h1-27H. The summed E-state index contributed by atoms with van der Waals surface area (Å²) in [6.45, 7) is 0. The SMILES string of the molecule is c1ccc(-c2cccc(N(c3cccc(-c4cccc5ccccc45)c3)c3cccc4sc5ccccc5c34)c2)cc1. The number of hydrogen-bond acceptors (Lipinski definition) is 2. The van der Waals surface area contributed by atoms with Crippen LogP contribution >= 0.6 is 11.3 Å². The van der Waals surface area contributed by atoms with Gasteiger partial charge in [0.1, 0.15) is 0 Å². The van der Waals surface area contributed by atoms with Gasteiger partial charge in [-0.3, -0.25) is 0 Å². The molecule has 0 unspecified atom stereocenters. The van der Waals surface area contributed by atoms with Gasteiger partial charge in [0.05, 0.1) is 5.69 Å². The Bertz CT molecular complexity index is 2200. The van der Waals surface area contributed by atoms with Crippen LogP contribution < -0.4 is 4.90 Å². The predicted molar refractivity (Wildman–Crippen MR) is 182 cm³/mol. The second-order valence-electron chi connectivity index (χ2n) is 10.6. The molecule has 0 aliphatic rings. The van der Waals surface area contributed by atoms with Crippen LogP contribution in [0.4, 0.5) is 17.1 Å². The fraction of sp³-hybridized carbons (Fsp3) is 0. The van der Waals surface area contributed by atoms with E-state index in [0.717, 1.165) is 11.4 Å². The van der Waals surface area contributed by atoms with Crippen molar-refractivity contribution in [2.24, 2.45) is 0 Å². The Hall–Kier alpha value is -5.18. The van der Waals surface area contributed by atoms with E-state index in [4.69, 9.17) is 0 Å². The van der Waals surface area contributed by atoms with Gasteiger partial charge in [0, 0.05) is 31.5 Å². The van der Waals surface area contributed by atoms with Crippen LogP contribution in [0.3, 0.4) is 0 Å². The number of fused-ring (bicyclic) bond motifs is 4. The summed E-state index contributed by atoms with van der Waals surface area (Å²) in [4.78, 5) is 2.43. The van der Waals surface area contributed by atoms with Crippen LogP contribution in [0.5, 0.6) is 0 Å². The van der Waals surface area contributed by atoms with Crippen molar-refractivity contribution < 1.29 is 0 Å². The minimum Gasteiger partial charge on any atom is -0.310 e. The van der Waals surface area contributed by atoms with E-state index in [-0.39, 0.29) is 0 Å². The molecule has 0 fully saturated rings. The van der Waals surface area contributed by atoms with Gasteiger partial charge in [0.15, 0.2) is 0 Å². The third kappa shape index (κ3) is 4.25. The molecule has 0 radical (unpaired) electrons. The average Bonchev–Trinajstić information content (AvgIpc) is 3.45. The first-order valence-electron chi connectivity index (χ1n) is 14.3. The molecule has 0 amide bonds. The lowest BCUT2D eigenvalue weighted by atomic mass is 9.97. The number of anilines is 3. The van der Waals surface area contributed by atoms with E-state index in [9.17, 15) is 0 Å². The molecule has 0 saturated carbocycles. The van der Waals surface area contributed by atoms with E-state index < -0.39 is 0 Å². The molecule has 0 aliphatic heterocycles. The van der Waals surface area contributed by atoms with Crippen molar-refractivity contribution in [1.29, 1.82) is 0 Å². The zero-order valence-corrected chi connectivity index (χ0v) is 23.8. The maximum atomic E-state index is 2.43. The Kier molecular flexibility index (Phi) is 6.05. The van der Waals surface area contributed by atoms with Crippen molar-refractivity contribution in [1.82, 2.24) is 0 Å². The molecule has 0 spiro atoms. The summed E-state index contributed by atoms with van der Waals surface area (Å²) >= 11 is 1.86. The van der Waals surface area contributed by atoms with Gasteiger partial charge >= 0.3 is 0 Å². The normalized spacial score (nSPS) is 11.3. The van der Waals surface area contributed by atoms with Crippen molar-refractivity contribution in [2.45, 2.75) is 0 Å². The fourth-order valence-electron chi connectivity index (χ4n) is 6.11. The maximum absolute atomic E-state index is 2.43. The van der Waals surface area contributed by atoms with E-state index in [1.165, 1.54) is 58.9 Å². The van der Waals surface area contributed by atoms with Gasteiger partial charge in [-0.05, 0) is 75.5 Å². The molecule has 42 heavy (non-hydrogen) atoms. The first-order chi connectivity index (χ1) is 20.8. The Balaban J connectivity index is 1.38. The van der Waals surface area contributed by atoms with Gasteiger partial charge < -0.3 is 4.90 Å². The molecule has 0 saturated heterocycles. The van der Waals surface area contributed by atoms with E-state index in [2.05, 4.69) is 169 Å². The fourth-order valence-corrected chi connectivity index (χ4v) is 7.24. The summed E-state index contributed by atoms with van der Waals surface area (Å²) in [6, 6.07) is 59.2. The highest BCUT2D eigenvalue weighted by Gasteiger charge is 2.19. The minimum atomic E-state index is 1.13. The van der Waals surface area contributed by atoms with Gasteiger partial charge in [-0.1, -0.05) is 121 Å². The van der Waals surface area contributed by atoms with E-state index in [1.807, 2.05) is 11.3 Å². The number of thiophene rings is 1. The summed E-state index contributed by atoms with van der Waals surface area (Å²) < 4.78 is 2.60. The highest BCUT2D eigenvalue weighted by Crippen LogP contribution is 2.46. The number of hydrogen-bond donors (Lipinski definition) is 0. The van der Waals surface area contributed by atoms with Gasteiger partial charge in [0.25, 0.3) is 0 Å². The molecular weight excluding hydrogens is 527 g/mol. The molecule has 8 rings (SSSR count). The lowest BCUT2D eigenvalue weighted by molar-refractivity contribution is 1.30. The molecule has 8 aromatic rings. The molecule has 1 aromatic heterocycles. The summed E-state index contributed by atoms with van der Waals surface area (Å²) in [5.41, 5.74) is 8.31. The molecule has 7 aromatic carbocycles. The lowest BCUT2D eigenvalue weighted by Gasteiger charge is -2.27. The van der Waals surface area contributed by atoms with Gasteiger partial charge in [-0.25, -0.2) is 0 Å². The Morgan fingerprint density at radius 3 is 1.86 bits per heavy atom. The summed E-state index contributed by atoms with van der Waals surface area (Å²) in [7, 11) is 0. The minimum absolute atomic E-state index is 1.13. The van der Waals surface area contributed by atoms with Crippen molar-refractivity contribution in [2.75, 3.05) is 4.90 Å². The van der Waals surface area contributed by atoms with Crippen molar-refractivity contribution in [3.63, 3.8) is 0 Å². The Labute approximate surface area is 249 Å². The van der Waals surface area contributed by atoms with Crippen molar-refractivity contribution in [3.05, 3.63) is 164 Å². The summed E-state index contributed by atoms with van der Waals surface area (Å²) in [5.74, 6) is 0. The van der Waals surface area contributed by atoms with Crippen LogP contribution in [0.25, 0.3) is 53.2 Å².